The molecule has 0 saturated heterocycles. The van der Waals surface area contributed by atoms with Gasteiger partial charge in [-0.1, -0.05) is 45.3 Å². The number of hydrogen-bond acceptors (Lipinski definition) is 8. The number of guanidine groups is 1. The van der Waals surface area contributed by atoms with E-state index in [-0.39, 0.29) is 24.8 Å². The molecule has 224 valence electrons. The summed E-state index contributed by atoms with van der Waals surface area (Å²) in [5.41, 5.74) is 2.98. The second-order valence-electron chi connectivity index (χ2n) is 11.1. The first-order chi connectivity index (χ1) is 18.6. The standard InChI is InChI=1S/C26H45BN6O7/c1-17(2)15-22(27(36)37)31-23(34)20(9-7-13-29-25(28)32-33(38)39)30-24(35)26(5,6)12-8-14-40-21-16-18(3)10-11-19(21)4/h10-11,16-17,20,22,36-37H,7-9,12-15H2,1-6H3,(H,30,35)(H,31,34)(H3,28,29,32)/t20-,22-/m0/s1. The van der Waals surface area contributed by atoms with Crippen LogP contribution in [0.15, 0.2) is 18.2 Å². The number of nitrogens with zero attached hydrogens (tertiary/aromatic N) is 1. The van der Waals surface area contributed by atoms with Crippen molar-refractivity contribution in [2.24, 2.45) is 11.3 Å². The quantitative estimate of drug-likeness (QED) is 0.0367. The lowest BCUT2D eigenvalue weighted by Gasteiger charge is -2.28. The molecule has 40 heavy (non-hydrogen) atoms. The Morgan fingerprint density at radius 3 is 2.45 bits per heavy atom. The van der Waals surface area contributed by atoms with E-state index >= 15 is 0 Å². The van der Waals surface area contributed by atoms with Crippen LogP contribution in [0.2, 0.25) is 0 Å². The highest BCUT2D eigenvalue weighted by Gasteiger charge is 2.33. The number of rotatable bonds is 17. The van der Waals surface area contributed by atoms with Crippen LogP contribution >= 0.6 is 0 Å². The number of ether oxygens (including phenoxy) is 1. The Labute approximate surface area is 236 Å². The lowest BCUT2D eigenvalue weighted by molar-refractivity contribution is -0.525. The van der Waals surface area contributed by atoms with Crippen molar-refractivity contribution in [3.63, 3.8) is 0 Å². The zero-order valence-electron chi connectivity index (χ0n) is 24.4. The number of nitrogens with one attached hydrogen (secondary N) is 5. The van der Waals surface area contributed by atoms with E-state index < -0.39 is 41.4 Å². The second kappa shape index (κ2) is 16.7. The molecule has 1 aromatic rings. The van der Waals surface area contributed by atoms with Gasteiger partial charge in [0.25, 0.3) is 5.96 Å². The van der Waals surface area contributed by atoms with Gasteiger partial charge < -0.3 is 30.7 Å². The van der Waals surface area contributed by atoms with Crippen LogP contribution in [0, 0.1) is 40.7 Å². The fourth-order valence-electron chi connectivity index (χ4n) is 3.99. The fourth-order valence-corrected chi connectivity index (χ4v) is 3.99. The molecule has 0 aromatic heterocycles. The highest BCUT2D eigenvalue weighted by Crippen LogP contribution is 2.25. The van der Waals surface area contributed by atoms with Crippen LogP contribution in [0.5, 0.6) is 5.75 Å². The average molecular weight is 564 g/mol. The van der Waals surface area contributed by atoms with Crippen molar-refractivity contribution >= 4 is 24.9 Å². The molecule has 0 spiro atoms. The minimum atomic E-state index is -1.77. The number of amides is 2. The van der Waals surface area contributed by atoms with Gasteiger partial charge in [-0.25, -0.2) is 10.1 Å². The van der Waals surface area contributed by atoms with Gasteiger partial charge in [-0.05, 0) is 69.1 Å². The monoisotopic (exact) mass is 564 g/mol. The van der Waals surface area contributed by atoms with Gasteiger partial charge in [-0.2, -0.15) is 0 Å². The van der Waals surface area contributed by atoms with Crippen molar-refractivity contribution < 1.29 is 29.4 Å². The van der Waals surface area contributed by atoms with Crippen LogP contribution in [-0.2, 0) is 9.59 Å². The first-order valence-corrected chi connectivity index (χ1v) is 13.5. The van der Waals surface area contributed by atoms with Gasteiger partial charge >= 0.3 is 7.12 Å². The van der Waals surface area contributed by atoms with Crippen molar-refractivity contribution in [1.29, 1.82) is 5.41 Å². The van der Waals surface area contributed by atoms with E-state index in [0.717, 1.165) is 16.9 Å². The number of hydrogen-bond donors (Lipinski definition) is 7. The van der Waals surface area contributed by atoms with Gasteiger partial charge in [0.05, 0.1) is 12.5 Å². The summed E-state index contributed by atoms with van der Waals surface area (Å²) in [5.74, 6) is -1.46. The van der Waals surface area contributed by atoms with Gasteiger partial charge in [0.1, 0.15) is 11.8 Å². The van der Waals surface area contributed by atoms with Crippen molar-refractivity contribution in [3.8, 4) is 5.75 Å². The third-order valence-electron chi connectivity index (χ3n) is 6.37. The average Bonchev–Trinajstić information content (AvgIpc) is 2.84. The summed E-state index contributed by atoms with van der Waals surface area (Å²) in [6.45, 7) is 11.8. The lowest BCUT2D eigenvalue weighted by atomic mass is 9.75. The molecular formula is C26H45BN6O7. The van der Waals surface area contributed by atoms with E-state index in [0.29, 0.717) is 32.3 Å². The molecule has 0 unspecified atom stereocenters. The predicted octanol–water partition coefficient (Wildman–Crippen LogP) is 1.60. The summed E-state index contributed by atoms with van der Waals surface area (Å²) in [5, 5.41) is 44.5. The molecule has 0 heterocycles. The molecule has 0 aliphatic rings. The number of carbonyl (C=O) groups excluding carboxylic acids is 2. The highest BCUT2D eigenvalue weighted by atomic mass is 16.7. The molecule has 0 saturated carbocycles. The minimum absolute atomic E-state index is 0.0780. The summed E-state index contributed by atoms with van der Waals surface area (Å²) >= 11 is 0. The van der Waals surface area contributed by atoms with E-state index in [4.69, 9.17) is 10.1 Å². The van der Waals surface area contributed by atoms with Crippen molar-refractivity contribution in [3.05, 3.63) is 39.4 Å². The molecule has 7 N–H and O–H groups in total. The topological polar surface area (TPSA) is 199 Å². The van der Waals surface area contributed by atoms with Crippen LogP contribution in [0.1, 0.15) is 70.9 Å². The normalized spacial score (nSPS) is 12.7. The summed E-state index contributed by atoms with van der Waals surface area (Å²) in [6.07, 6.45) is 1.86. The molecule has 0 radical (unpaired) electrons. The number of carbonyl (C=O) groups is 2. The molecule has 1 aromatic carbocycles. The van der Waals surface area contributed by atoms with Gasteiger partial charge in [-0.3, -0.25) is 15.0 Å². The summed E-state index contributed by atoms with van der Waals surface area (Å²) in [4.78, 5) is 36.8. The Kier molecular flexibility index (Phi) is 14.4. The number of nitro groups is 1. The maximum absolute atomic E-state index is 13.2. The van der Waals surface area contributed by atoms with Crippen molar-refractivity contribution in [2.45, 2.75) is 85.6 Å². The predicted molar refractivity (Wildman–Crippen MR) is 153 cm³/mol. The lowest BCUT2D eigenvalue weighted by Crippen LogP contribution is -2.55. The minimum Gasteiger partial charge on any atom is -0.493 e. The molecule has 13 nitrogen and oxygen atoms in total. The van der Waals surface area contributed by atoms with Crippen LogP contribution < -0.4 is 26.1 Å². The largest absolute Gasteiger partial charge is 0.493 e. The summed E-state index contributed by atoms with van der Waals surface area (Å²) in [7, 11) is -1.77. The third-order valence-corrected chi connectivity index (χ3v) is 6.37. The maximum Gasteiger partial charge on any atom is 0.475 e. The van der Waals surface area contributed by atoms with Crippen LogP contribution in [0.3, 0.4) is 0 Å². The van der Waals surface area contributed by atoms with Crippen LogP contribution in [0.4, 0.5) is 0 Å². The zero-order valence-corrected chi connectivity index (χ0v) is 24.4. The fraction of sp³-hybridized carbons (Fsp3) is 0.654. The van der Waals surface area contributed by atoms with Gasteiger partial charge in [0.2, 0.25) is 11.8 Å². The Morgan fingerprint density at radius 2 is 1.85 bits per heavy atom. The Balaban J connectivity index is 2.81. The van der Waals surface area contributed by atoms with E-state index in [1.807, 2.05) is 45.9 Å². The second-order valence-corrected chi connectivity index (χ2v) is 11.1. The molecule has 14 heteroatoms. The summed E-state index contributed by atoms with van der Waals surface area (Å²) < 4.78 is 5.90. The van der Waals surface area contributed by atoms with E-state index in [1.165, 1.54) is 0 Å². The van der Waals surface area contributed by atoms with E-state index in [1.54, 1.807) is 19.3 Å². The number of hydrazine groups is 1. The summed E-state index contributed by atoms with van der Waals surface area (Å²) in [6, 6.07) is 4.98. The smallest absolute Gasteiger partial charge is 0.475 e. The SMILES string of the molecule is Cc1ccc(C)c(OCCCC(C)(C)C(=O)N[C@@H](CCCNC(=N)N[N+](=O)[O-])C(=O)N[C@@H](CC(C)C)B(O)O)c1. The van der Waals surface area contributed by atoms with Crippen LogP contribution in [-0.4, -0.2) is 65.1 Å². The molecule has 0 bridgehead atoms. The van der Waals surface area contributed by atoms with Crippen molar-refractivity contribution in [2.75, 3.05) is 13.2 Å². The molecule has 0 aliphatic carbocycles. The Hall–Kier alpha value is -3.39. The van der Waals surface area contributed by atoms with Gasteiger partial charge in [-0.15, -0.1) is 0 Å². The van der Waals surface area contributed by atoms with Gasteiger partial charge in [0, 0.05) is 12.0 Å². The molecule has 2 atom stereocenters. The number of benzene rings is 1. The van der Waals surface area contributed by atoms with E-state index in [2.05, 4.69) is 16.0 Å². The third kappa shape index (κ3) is 13.1. The van der Waals surface area contributed by atoms with Gasteiger partial charge in [0.15, 0.2) is 5.03 Å². The Morgan fingerprint density at radius 1 is 1.18 bits per heavy atom. The maximum atomic E-state index is 13.2. The van der Waals surface area contributed by atoms with Crippen LogP contribution in [0.25, 0.3) is 0 Å². The zero-order chi connectivity index (χ0) is 30.5. The first-order valence-electron chi connectivity index (χ1n) is 13.5. The molecule has 0 aliphatic heterocycles. The number of aryl methyl sites for hydroxylation is 2. The van der Waals surface area contributed by atoms with Crippen molar-refractivity contribution in [1.82, 2.24) is 21.4 Å². The first kappa shape index (κ1) is 34.6. The molecule has 2 amide bonds. The van der Waals surface area contributed by atoms with E-state index in [9.17, 15) is 29.8 Å². The molecule has 0 fully saturated rings. The molecular weight excluding hydrogens is 519 g/mol. The Bertz CT molecular complexity index is 1010. The highest BCUT2D eigenvalue weighted by molar-refractivity contribution is 6.43. The molecule has 1 rings (SSSR count).